The third kappa shape index (κ3) is 6.13. The summed E-state index contributed by atoms with van der Waals surface area (Å²) in [5.41, 5.74) is 0.927. The highest BCUT2D eigenvalue weighted by Crippen LogP contribution is 2.34. The van der Waals surface area contributed by atoms with Gasteiger partial charge in [0.05, 0.1) is 6.61 Å². The number of aliphatic hydroxyl groups excluding tert-OH is 1. The lowest BCUT2D eigenvalue weighted by molar-refractivity contribution is -0.131. The van der Waals surface area contributed by atoms with Gasteiger partial charge in [-0.1, -0.05) is 12.1 Å². The van der Waals surface area contributed by atoms with Crippen LogP contribution in [0.25, 0.3) is 0 Å². The number of nitrogens with one attached hydrogen (secondary N) is 1. The van der Waals surface area contributed by atoms with Crippen molar-refractivity contribution < 1.29 is 43.5 Å². The predicted molar refractivity (Wildman–Crippen MR) is 112 cm³/mol. The van der Waals surface area contributed by atoms with Gasteiger partial charge in [-0.05, 0) is 35.9 Å². The number of benzene rings is 2. The van der Waals surface area contributed by atoms with Crippen molar-refractivity contribution in [2.45, 2.75) is 12.2 Å². The summed E-state index contributed by atoms with van der Waals surface area (Å²) in [5, 5.41) is 20.6. The molecule has 1 aliphatic heterocycles. The molecule has 1 heterocycles. The fourth-order valence-corrected chi connectivity index (χ4v) is 2.99. The zero-order valence-electron chi connectivity index (χ0n) is 17.2. The van der Waals surface area contributed by atoms with E-state index in [4.69, 9.17) is 33.9 Å². The molecule has 1 amide bonds. The van der Waals surface area contributed by atoms with Gasteiger partial charge in [0.1, 0.15) is 18.5 Å². The number of aliphatic carboxylic acids is 1. The number of fused-ring (bicyclic) bond motifs is 1. The van der Waals surface area contributed by atoms with Crippen LogP contribution in [0.1, 0.15) is 11.7 Å². The molecule has 0 saturated heterocycles. The minimum Gasteiger partial charge on any atom is -0.491 e. The molecule has 0 radical (unpaired) electrons. The van der Waals surface area contributed by atoms with E-state index < -0.39 is 24.3 Å². The molecule has 0 aromatic heterocycles. The second kappa shape index (κ2) is 11.0. The van der Waals surface area contributed by atoms with Gasteiger partial charge in [0.15, 0.2) is 17.6 Å². The number of ether oxygens (including phenoxy) is 5. The lowest BCUT2D eigenvalue weighted by atomic mass is 10.0. The summed E-state index contributed by atoms with van der Waals surface area (Å²) >= 11 is 0. The normalized spacial score (nSPS) is 14.1. The van der Waals surface area contributed by atoms with Crippen LogP contribution in [0.2, 0.25) is 0 Å². The summed E-state index contributed by atoms with van der Waals surface area (Å²) in [6, 6.07) is 11.6. The first-order valence-corrected chi connectivity index (χ1v) is 9.65. The molecule has 0 spiro atoms. The van der Waals surface area contributed by atoms with Crippen LogP contribution in [0.5, 0.6) is 17.2 Å². The first-order valence-electron chi connectivity index (χ1n) is 9.65. The average Bonchev–Trinajstić information content (AvgIpc) is 3.25. The molecule has 0 saturated carbocycles. The first-order chi connectivity index (χ1) is 15.5. The molecule has 170 valence electrons. The number of aliphatic hydroxyl groups is 1. The number of methoxy groups -OCH3 is 1. The fraction of sp³-hybridized carbons (Fsp3) is 0.273. The number of hydrogen-bond donors (Lipinski definition) is 3. The maximum absolute atomic E-state index is 12.6. The van der Waals surface area contributed by atoms with Gasteiger partial charge in [-0.2, -0.15) is 0 Å². The molecule has 0 bridgehead atoms. The third-order valence-electron chi connectivity index (χ3n) is 4.40. The van der Waals surface area contributed by atoms with E-state index >= 15 is 0 Å². The third-order valence-corrected chi connectivity index (χ3v) is 4.40. The van der Waals surface area contributed by atoms with Gasteiger partial charge in [-0.3, -0.25) is 5.32 Å². The van der Waals surface area contributed by atoms with Crippen molar-refractivity contribution in [2.24, 2.45) is 0 Å². The molecule has 1 aliphatic rings. The van der Waals surface area contributed by atoms with E-state index in [-0.39, 0.29) is 20.0 Å². The van der Waals surface area contributed by atoms with Gasteiger partial charge < -0.3 is 33.9 Å². The summed E-state index contributed by atoms with van der Waals surface area (Å²) in [6.07, 6.45) is -0.501. The van der Waals surface area contributed by atoms with Crippen LogP contribution < -0.4 is 19.5 Å². The van der Waals surface area contributed by atoms with Crippen LogP contribution in [0.4, 0.5) is 10.5 Å². The molecule has 32 heavy (non-hydrogen) atoms. The summed E-state index contributed by atoms with van der Waals surface area (Å²) in [6.45, 7) is 0.0295. The molecule has 2 aromatic carbocycles. The Labute approximate surface area is 183 Å². The van der Waals surface area contributed by atoms with Gasteiger partial charge in [-0.15, -0.1) is 0 Å². The topological polar surface area (TPSA) is 133 Å². The van der Waals surface area contributed by atoms with Crippen LogP contribution in [-0.4, -0.2) is 55.5 Å². The maximum Gasteiger partial charge on any atom is 0.412 e. The maximum atomic E-state index is 12.6. The molecule has 10 heteroatoms. The van der Waals surface area contributed by atoms with E-state index in [1.807, 2.05) is 0 Å². The number of amides is 1. The molecular weight excluding hydrogens is 422 g/mol. The molecule has 0 aliphatic carbocycles. The summed E-state index contributed by atoms with van der Waals surface area (Å²) in [5.74, 6) is 0.334. The number of carboxylic acids is 1. The van der Waals surface area contributed by atoms with Crippen molar-refractivity contribution in [3.05, 3.63) is 60.2 Å². The molecule has 3 rings (SSSR count). The van der Waals surface area contributed by atoms with E-state index in [2.05, 4.69) is 5.32 Å². The van der Waals surface area contributed by atoms with Crippen molar-refractivity contribution in [2.75, 3.05) is 32.4 Å². The van der Waals surface area contributed by atoms with Crippen LogP contribution in [-0.2, 0) is 14.3 Å². The van der Waals surface area contributed by atoms with E-state index in [0.717, 1.165) is 6.08 Å². The second-order valence-electron chi connectivity index (χ2n) is 6.56. The number of anilines is 1. The zero-order chi connectivity index (χ0) is 22.9. The van der Waals surface area contributed by atoms with E-state index in [9.17, 15) is 9.59 Å². The number of hydrogen-bond acceptors (Lipinski definition) is 8. The quantitative estimate of drug-likeness (QED) is 0.472. The van der Waals surface area contributed by atoms with Crippen LogP contribution in [0, 0.1) is 0 Å². The fourth-order valence-electron chi connectivity index (χ4n) is 2.99. The average molecular weight is 445 g/mol. The minimum atomic E-state index is -1.17. The van der Waals surface area contributed by atoms with Gasteiger partial charge >= 0.3 is 12.1 Å². The highest BCUT2D eigenvalue weighted by Gasteiger charge is 2.26. The standard InChI is InChI=1S/C22H23NO9/c1-28-18(7-8-20(25)26)21(14-3-2-4-16(11-14)29-10-9-24)32-22(27)23-15-5-6-17-19(12-15)31-13-30-17/h2-8,11-12,18,21,24H,9-10,13H2,1H3,(H,23,27)(H,25,26)/b8-7+/t18-,21-/m1/s1. The SMILES string of the molecule is CO[C@H](/C=C/C(=O)O)[C@H](OC(=O)Nc1ccc2c(c1)OCO2)c1cccc(OCCO)c1. The monoisotopic (exact) mass is 445 g/mol. The lowest BCUT2D eigenvalue weighted by Crippen LogP contribution is -2.27. The summed E-state index contributed by atoms with van der Waals surface area (Å²) < 4.78 is 26.9. The van der Waals surface area contributed by atoms with Gasteiger partial charge in [0.25, 0.3) is 0 Å². The van der Waals surface area contributed by atoms with E-state index in [0.29, 0.717) is 28.5 Å². The highest BCUT2D eigenvalue weighted by atomic mass is 16.7. The van der Waals surface area contributed by atoms with Gasteiger partial charge in [0.2, 0.25) is 6.79 Å². The Morgan fingerprint density at radius 1 is 1.19 bits per heavy atom. The largest absolute Gasteiger partial charge is 0.491 e. The molecule has 0 fully saturated rings. The summed E-state index contributed by atoms with van der Waals surface area (Å²) in [4.78, 5) is 23.6. The Balaban J connectivity index is 1.81. The highest BCUT2D eigenvalue weighted by molar-refractivity contribution is 5.85. The van der Waals surface area contributed by atoms with Crippen molar-refractivity contribution in [1.29, 1.82) is 0 Å². The van der Waals surface area contributed by atoms with Gasteiger partial charge in [0, 0.05) is 24.9 Å². The Morgan fingerprint density at radius 3 is 2.75 bits per heavy atom. The molecule has 0 unspecified atom stereocenters. The number of carbonyl (C=O) groups excluding carboxylic acids is 1. The van der Waals surface area contributed by atoms with Crippen molar-refractivity contribution >= 4 is 17.7 Å². The second-order valence-corrected chi connectivity index (χ2v) is 6.56. The van der Waals surface area contributed by atoms with E-state index in [1.54, 1.807) is 42.5 Å². The predicted octanol–water partition coefficient (Wildman–Crippen LogP) is 2.73. The van der Waals surface area contributed by atoms with Crippen molar-refractivity contribution in [3.8, 4) is 17.2 Å². The van der Waals surface area contributed by atoms with Crippen LogP contribution in [0.3, 0.4) is 0 Å². The van der Waals surface area contributed by atoms with Crippen LogP contribution in [0.15, 0.2) is 54.6 Å². The Hall–Kier alpha value is -3.76. The Kier molecular flexibility index (Phi) is 7.90. The van der Waals surface area contributed by atoms with E-state index in [1.165, 1.54) is 13.2 Å². The van der Waals surface area contributed by atoms with Crippen molar-refractivity contribution in [3.63, 3.8) is 0 Å². The Morgan fingerprint density at radius 2 is 2.00 bits per heavy atom. The van der Waals surface area contributed by atoms with Crippen LogP contribution >= 0.6 is 0 Å². The van der Waals surface area contributed by atoms with Crippen molar-refractivity contribution in [1.82, 2.24) is 0 Å². The van der Waals surface area contributed by atoms with Gasteiger partial charge in [-0.25, -0.2) is 9.59 Å². The number of rotatable bonds is 10. The minimum absolute atomic E-state index is 0.0895. The molecular formula is C22H23NO9. The lowest BCUT2D eigenvalue weighted by Gasteiger charge is -2.24. The molecule has 10 nitrogen and oxygen atoms in total. The first kappa shape index (κ1) is 22.9. The zero-order valence-corrected chi connectivity index (χ0v) is 17.2. The summed E-state index contributed by atoms with van der Waals surface area (Å²) in [7, 11) is 1.37. The smallest absolute Gasteiger partial charge is 0.412 e. The number of carbonyl (C=O) groups is 2. The molecule has 2 aromatic rings. The Bertz CT molecular complexity index is 976. The molecule has 3 N–H and O–H groups in total. The molecule has 2 atom stereocenters. The number of carboxylic acid groups (broad SMARTS) is 1.